The van der Waals surface area contributed by atoms with E-state index in [2.05, 4.69) is 25.6 Å². The van der Waals surface area contributed by atoms with Gasteiger partial charge in [-0.3, -0.25) is 4.98 Å². The predicted molar refractivity (Wildman–Crippen MR) is 180 cm³/mol. The molecule has 4 aromatic carbocycles. The van der Waals surface area contributed by atoms with Gasteiger partial charge in [-0.05, 0) is 66.1 Å². The summed E-state index contributed by atoms with van der Waals surface area (Å²) in [6.07, 6.45) is 3.52. The number of oxazole rings is 1. The van der Waals surface area contributed by atoms with Crippen molar-refractivity contribution in [3.05, 3.63) is 97.3 Å². The maximum absolute atomic E-state index is 6.57. The first-order valence-corrected chi connectivity index (χ1v) is 15.9. The lowest BCUT2D eigenvalue weighted by Gasteiger charge is -2.12. The van der Waals surface area contributed by atoms with E-state index in [4.69, 9.17) is 29.3 Å². The molecule has 0 aliphatic carbocycles. The molecule has 0 amide bonds. The second-order valence-electron chi connectivity index (χ2n) is 10.7. The van der Waals surface area contributed by atoms with Gasteiger partial charge in [-0.25, -0.2) is 24.9 Å². The lowest BCUT2D eigenvalue weighted by molar-refractivity contribution is 0.620. The van der Waals surface area contributed by atoms with Crippen molar-refractivity contribution in [2.75, 3.05) is 0 Å². The van der Waals surface area contributed by atoms with Crippen molar-refractivity contribution >= 4 is 76.6 Å². The molecular weight excluding hydrogens is 615 g/mol. The van der Waals surface area contributed by atoms with Crippen LogP contribution in [0, 0.1) is 0 Å². The Bertz CT molecular complexity index is 2730. The molecule has 6 aromatic heterocycles. The highest BCUT2D eigenvalue weighted by Gasteiger charge is 2.27. The fourth-order valence-electron chi connectivity index (χ4n) is 5.85. The summed E-state index contributed by atoms with van der Waals surface area (Å²) in [6.45, 7) is 0. The van der Waals surface area contributed by atoms with Gasteiger partial charge in [0.2, 0.25) is 5.89 Å². The number of pyridine rings is 1. The Morgan fingerprint density at radius 3 is 2.46 bits per heavy atom. The van der Waals surface area contributed by atoms with Crippen molar-refractivity contribution in [2.24, 2.45) is 0 Å². The lowest BCUT2D eigenvalue weighted by atomic mass is 9.96. The zero-order chi connectivity index (χ0) is 30.2. The van der Waals surface area contributed by atoms with Gasteiger partial charge in [-0.15, -0.1) is 16.4 Å². The summed E-state index contributed by atoms with van der Waals surface area (Å²) in [4.78, 5) is 33.0. The topological polar surface area (TPSA) is 132 Å². The van der Waals surface area contributed by atoms with Gasteiger partial charge in [-0.2, -0.15) is 0 Å². The van der Waals surface area contributed by atoms with E-state index >= 15 is 0 Å². The zero-order valence-corrected chi connectivity index (χ0v) is 25.2. The SMILES string of the molecule is c1ccc2nc(-c3c(-c4nc5ccccc5s4)c(-c4nc5ncccc5[nH]4)cc4oc(-c5cccc6snnc56)nc34)cnc2c1. The third-order valence-electron chi connectivity index (χ3n) is 7.92. The van der Waals surface area contributed by atoms with Crippen molar-refractivity contribution in [3.8, 4) is 44.7 Å². The molecule has 10 rings (SSSR count). The summed E-state index contributed by atoms with van der Waals surface area (Å²) in [7, 11) is 0. The number of para-hydroxylation sites is 3. The van der Waals surface area contributed by atoms with Crippen LogP contribution in [0.2, 0.25) is 0 Å². The molecule has 10 aromatic rings. The molecule has 0 atom stereocenters. The van der Waals surface area contributed by atoms with Crippen LogP contribution in [0.15, 0.2) is 102 Å². The average molecular weight is 632 g/mol. The maximum Gasteiger partial charge on any atom is 0.229 e. The Kier molecular flexibility index (Phi) is 5.38. The standard InChI is InChI=1S/C34H17N9OS2/c1-2-9-20-19(8-1)36-16-23(37-20)28-27(34-39-21-10-3-4-12-25(21)45-34)18(31-38-22-11-6-14-35-32(22)41-31)15-24-30(28)40-33(44-24)17-7-5-13-26-29(17)42-43-46-26/h1-16H,(H,35,38,41). The molecule has 216 valence electrons. The maximum atomic E-state index is 6.57. The summed E-state index contributed by atoms with van der Waals surface area (Å²) in [5, 5.41) is 5.17. The predicted octanol–water partition coefficient (Wildman–Crippen LogP) is 8.32. The molecule has 0 aliphatic heterocycles. The van der Waals surface area contributed by atoms with Crippen molar-refractivity contribution in [1.29, 1.82) is 0 Å². The van der Waals surface area contributed by atoms with Gasteiger partial charge in [0.1, 0.15) is 21.9 Å². The van der Waals surface area contributed by atoms with Gasteiger partial charge in [-0.1, -0.05) is 34.8 Å². The number of aromatic amines is 1. The Balaban J connectivity index is 1.35. The van der Waals surface area contributed by atoms with Crippen LogP contribution in [-0.2, 0) is 0 Å². The summed E-state index contributed by atoms with van der Waals surface area (Å²) in [5.74, 6) is 1.06. The molecule has 0 aliphatic rings. The highest BCUT2D eigenvalue weighted by molar-refractivity contribution is 7.21. The van der Waals surface area contributed by atoms with Gasteiger partial charge in [0.05, 0.1) is 48.9 Å². The van der Waals surface area contributed by atoms with Crippen LogP contribution in [-0.4, -0.2) is 44.5 Å². The Morgan fingerprint density at radius 1 is 0.674 bits per heavy atom. The van der Waals surface area contributed by atoms with E-state index in [0.29, 0.717) is 34.2 Å². The van der Waals surface area contributed by atoms with Crippen LogP contribution in [0.4, 0.5) is 0 Å². The van der Waals surface area contributed by atoms with Gasteiger partial charge in [0, 0.05) is 22.9 Å². The van der Waals surface area contributed by atoms with Gasteiger partial charge in [0.25, 0.3) is 0 Å². The Hall–Kier alpha value is -5.98. The Labute approximate surface area is 266 Å². The molecule has 0 bridgehead atoms. The molecule has 0 saturated carbocycles. The first-order chi connectivity index (χ1) is 22.8. The van der Waals surface area contributed by atoms with E-state index in [1.54, 1.807) is 23.7 Å². The summed E-state index contributed by atoms with van der Waals surface area (Å²) in [5.41, 5.74) is 9.59. The number of imidazole rings is 1. The normalized spacial score (nSPS) is 11.9. The van der Waals surface area contributed by atoms with Crippen molar-refractivity contribution in [3.63, 3.8) is 0 Å². The third kappa shape index (κ3) is 3.87. The van der Waals surface area contributed by atoms with E-state index in [9.17, 15) is 0 Å². The molecule has 0 spiro atoms. The van der Waals surface area contributed by atoms with E-state index in [0.717, 1.165) is 64.2 Å². The van der Waals surface area contributed by atoms with Crippen LogP contribution in [0.1, 0.15) is 0 Å². The van der Waals surface area contributed by atoms with Crippen LogP contribution in [0.5, 0.6) is 0 Å². The molecular formula is C34H17N9OS2. The molecule has 1 N–H and O–H groups in total. The second-order valence-corrected chi connectivity index (χ2v) is 12.5. The van der Waals surface area contributed by atoms with Crippen molar-refractivity contribution in [1.82, 2.24) is 44.5 Å². The number of hydrogen-bond donors (Lipinski definition) is 1. The van der Waals surface area contributed by atoms with Gasteiger partial charge >= 0.3 is 0 Å². The number of hydrogen-bond acceptors (Lipinski definition) is 11. The number of thiazole rings is 1. The van der Waals surface area contributed by atoms with E-state index in [-0.39, 0.29) is 0 Å². The van der Waals surface area contributed by atoms with Crippen LogP contribution >= 0.6 is 22.9 Å². The van der Waals surface area contributed by atoms with Crippen LogP contribution < -0.4 is 0 Å². The fraction of sp³-hybridized carbons (Fsp3) is 0. The number of benzene rings is 4. The van der Waals surface area contributed by atoms with Crippen LogP contribution in [0.3, 0.4) is 0 Å². The quantitative estimate of drug-likeness (QED) is 0.204. The summed E-state index contributed by atoms with van der Waals surface area (Å²) < 4.78 is 12.7. The van der Waals surface area contributed by atoms with Crippen molar-refractivity contribution in [2.45, 2.75) is 0 Å². The largest absolute Gasteiger partial charge is 0.436 e. The zero-order valence-electron chi connectivity index (χ0n) is 23.5. The smallest absolute Gasteiger partial charge is 0.229 e. The van der Waals surface area contributed by atoms with E-state index in [1.807, 2.05) is 78.9 Å². The monoisotopic (exact) mass is 631 g/mol. The molecule has 0 radical (unpaired) electrons. The van der Waals surface area contributed by atoms with Gasteiger partial charge in [0.15, 0.2) is 11.2 Å². The van der Waals surface area contributed by atoms with E-state index in [1.165, 1.54) is 11.5 Å². The first-order valence-electron chi connectivity index (χ1n) is 14.3. The molecule has 0 unspecified atom stereocenters. The van der Waals surface area contributed by atoms with Crippen LogP contribution in [0.25, 0.3) is 98.4 Å². The minimum Gasteiger partial charge on any atom is -0.436 e. The minimum atomic E-state index is 0.432. The lowest BCUT2D eigenvalue weighted by Crippen LogP contribution is -1.96. The van der Waals surface area contributed by atoms with Crippen molar-refractivity contribution < 1.29 is 4.42 Å². The second kappa shape index (κ2) is 9.76. The van der Waals surface area contributed by atoms with E-state index < -0.39 is 0 Å². The number of rotatable bonds is 4. The van der Waals surface area contributed by atoms with Gasteiger partial charge < -0.3 is 9.40 Å². The molecule has 6 heterocycles. The number of nitrogens with zero attached hydrogens (tertiary/aromatic N) is 8. The number of nitrogens with one attached hydrogen (secondary N) is 1. The Morgan fingerprint density at radius 2 is 1.54 bits per heavy atom. The number of fused-ring (bicyclic) bond motifs is 5. The number of aromatic nitrogens is 9. The number of H-pyrrole nitrogens is 1. The molecule has 0 fully saturated rings. The third-order valence-corrected chi connectivity index (χ3v) is 9.66. The first kappa shape index (κ1) is 25.4. The fourth-order valence-corrected chi connectivity index (χ4v) is 7.46. The molecule has 10 nitrogen and oxygen atoms in total. The highest BCUT2D eigenvalue weighted by Crippen LogP contribution is 2.47. The molecule has 12 heteroatoms. The molecule has 0 saturated heterocycles. The average Bonchev–Trinajstić information content (AvgIpc) is 3.91. The summed E-state index contributed by atoms with van der Waals surface area (Å²) in [6, 6.07) is 27.6. The highest BCUT2D eigenvalue weighted by atomic mass is 32.1. The molecule has 46 heavy (non-hydrogen) atoms. The summed E-state index contributed by atoms with van der Waals surface area (Å²) >= 11 is 2.93. The minimum absolute atomic E-state index is 0.432.